The predicted octanol–water partition coefficient (Wildman–Crippen LogP) is 4.84. The van der Waals surface area contributed by atoms with Gasteiger partial charge >= 0.3 is 5.97 Å². The number of benzene rings is 2. The maximum atomic E-state index is 12.9. The lowest BCUT2D eigenvalue weighted by molar-refractivity contribution is -0.138. The summed E-state index contributed by atoms with van der Waals surface area (Å²) >= 11 is 0. The minimum Gasteiger partial charge on any atom is -0.492 e. The maximum Gasteiger partial charge on any atom is 0.303 e. The monoisotopic (exact) mass is 456 g/mol. The lowest BCUT2D eigenvalue weighted by Crippen LogP contribution is -2.16. The van der Waals surface area contributed by atoms with Gasteiger partial charge in [0.25, 0.3) is 5.91 Å². The van der Waals surface area contributed by atoms with Crippen LogP contribution in [-0.4, -0.2) is 36.1 Å². The molecule has 0 heterocycles. The first-order chi connectivity index (χ1) is 15.5. The first kappa shape index (κ1) is 25.7. The predicted molar refractivity (Wildman–Crippen MR) is 127 cm³/mol. The van der Waals surface area contributed by atoms with E-state index in [1.54, 1.807) is 38.1 Å². The third-order valence-electron chi connectivity index (χ3n) is 4.78. The number of carbonyl (C=O) groups excluding carboxylic acids is 2. The molecule has 0 aliphatic carbocycles. The highest BCUT2D eigenvalue weighted by Crippen LogP contribution is 2.37. The topological polar surface area (TPSA) is 114 Å². The van der Waals surface area contributed by atoms with E-state index in [2.05, 4.69) is 31.4 Å². The molecular weight excluding hydrogens is 424 g/mol. The normalized spacial score (nSPS) is 10.9. The summed E-state index contributed by atoms with van der Waals surface area (Å²) in [6.07, 6.45) is -0.454. The number of anilines is 2. The van der Waals surface area contributed by atoms with Crippen molar-refractivity contribution < 1.29 is 29.0 Å². The Labute approximate surface area is 194 Å². The Morgan fingerprint density at radius 3 is 1.82 bits per heavy atom. The summed E-state index contributed by atoms with van der Waals surface area (Å²) in [5.74, 6) is -1.13. The molecule has 3 N–H and O–H groups in total. The van der Waals surface area contributed by atoms with Crippen LogP contribution in [0.1, 0.15) is 63.4 Å². The summed E-state index contributed by atoms with van der Waals surface area (Å²) in [7, 11) is 0. The molecule has 0 saturated carbocycles. The Hall–Kier alpha value is -3.55. The molecule has 8 heteroatoms. The SMILES string of the molecule is CCOc1cc(NC(=O)c2ccc(C(C)(C)C)cc2)c(OCC)cc1NC(=O)CCC(=O)O. The molecule has 2 rings (SSSR count). The van der Waals surface area contributed by atoms with Crippen molar-refractivity contribution in [3.63, 3.8) is 0 Å². The van der Waals surface area contributed by atoms with Gasteiger partial charge in [-0.05, 0) is 37.0 Å². The fraction of sp³-hybridized carbons (Fsp3) is 0.400. The van der Waals surface area contributed by atoms with Gasteiger partial charge in [0.2, 0.25) is 5.91 Å². The van der Waals surface area contributed by atoms with Crippen molar-refractivity contribution in [2.75, 3.05) is 23.8 Å². The van der Waals surface area contributed by atoms with Gasteiger partial charge in [0, 0.05) is 24.1 Å². The Balaban J connectivity index is 2.31. The quantitative estimate of drug-likeness (QED) is 0.471. The molecule has 0 fully saturated rings. The van der Waals surface area contributed by atoms with Crippen molar-refractivity contribution >= 4 is 29.2 Å². The summed E-state index contributed by atoms with van der Waals surface area (Å²) in [4.78, 5) is 35.8. The molecule has 0 atom stereocenters. The van der Waals surface area contributed by atoms with Crippen LogP contribution in [0.5, 0.6) is 11.5 Å². The van der Waals surface area contributed by atoms with Gasteiger partial charge in [-0.25, -0.2) is 0 Å². The van der Waals surface area contributed by atoms with Crippen LogP contribution in [0.4, 0.5) is 11.4 Å². The number of hydrogen-bond acceptors (Lipinski definition) is 5. The summed E-state index contributed by atoms with van der Waals surface area (Å²) in [5, 5.41) is 14.3. The third kappa shape index (κ3) is 7.52. The van der Waals surface area contributed by atoms with Crippen molar-refractivity contribution in [3.05, 3.63) is 47.5 Å². The smallest absolute Gasteiger partial charge is 0.303 e. The molecule has 0 aliphatic heterocycles. The van der Waals surface area contributed by atoms with E-state index in [0.717, 1.165) is 5.56 Å². The number of carbonyl (C=O) groups is 3. The van der Waals surface area contributed by atoms with E-state index in [0.29, 0.717) is 41.7 Å². The molecule has 0 saturated heterocycles. The van der Waals surface area contributed by atoms with Gasteiger partial charge in [0.15, 0.2) is 0 Å². The second-order valence-electron chi connectivity index (χ2n) is 8.43. The molecule has 2 aromatic rings. The molecule has 0 unspecified atom stereocenters. The third-order valence-corrected chi connectivity index (χ3v) is 4.78. The molecular formula is C25H32N2O6. The molecule has 33 heavy (non-hydrogen) atoms. The van der Waals surface area contributed by atoms with Crippen LogP contribution in [0.2, 0.25) is 0 Å². The van der Waals surface area contributed by atoms with Gasteiger partial charge < -0.3 is 25.2 Å². The average Bonchev–Trinajstić information content (AvgIpc) is 2.74. The van der Waals surface area contributed by atoms with Crippen LogP contribution < -0.4 is 20.1 Å². The van der Waals surface area contributed by atoms with E-state index in [1.165, 1.54) is 0 Å². The number of carboxylic acids is 1. The van der Waals surface area contributed by atoms with Crippen LogP contribution in [0.15, 0.2) is 36.4 Å². The molecule has 0 aliphatic rings. The molecule has 0 radical (unpaired) electrons. The Morgan fingerprint density at radius 1 is 0.848 bits per heavy atom. The highest BCUT2D eigenvalue weighted by atomic mass is 16.5. The Kier molecular flexibility index (Phi) is 8.85. The summed E-state index contributed by atoms with van der Waals surface area (Å²) in [6, 6.07) is 10.6. The zero-order chi connectivity index (χ0) is 24.6. The summed E-state index contributed by atoms with van der Waals surface area (Å²) in [6.45, 7) is 10.6. The lowest BCUT2D eigenvalue weighted by atomic mass is 9.87. The number of carboxylic acid groups (broad SMARTS) is 1. The van der Waals surface area contributed by atoms with E-state index in [9.17, 15) is 14.4 Å². The summed E-state index contributed by atoms with van der Waals surface area (Å²) in [5.41, 5.74) is 2.33. The van der Waals surface area contributed by atoms with Gasteiger partial charge in [0.05, 0.1) is 31.0 Å². The minimum atomic E-state index is -1.06. The zero-order valence-electron chi connectivity index (χ0n) is 19.8. The van der Waals surface area contributed by atoms with Gasteiger partial charge in [0.1, 0.15) is 11.5 Å². The van der Waals surface area contributed by atoms with Gasteiger partial charge in [-0.1, -0.05) is 32.9 Å². The summed E-state index contributed by atoms with van der Waals surface area (Å²) < 4.78 is 11.3. The molecule has 2 aromatic carbocycles. The van der Waals surface area contributed by atoms with Crippen molar-refractivity contribution in [3.8, 4) is 11.5 Å². The van der Waals surface area contributed by atoms with Gasteiger partial charge in [-0.3, -0.25) is 14.4 Å². The molecule has 2 amide bonds. The van der Waals surface area contributed by atoms with Crippen molar-refractivity contribution in [1.82, 2.24) is 0 Å². The molecule has 178 valence electrons. The first-order valence-corrected chi connectivity index (χ1v) is 10.9. The Morgan fingerprint density at radius 2 is 1.36 bits per heavy atom. The Bertz CT molecular complexity index is 993. The van der Waals surface area contributed by atoms with E-state index in [-0.39, 0.29) is 24.2 Å². The van der Waals surface area contributed by atoms with Crippen molar-refractivity contribution in [2.45, 2.75) is 52.9 Å². The largest absolute Gasteiger partial charge is 0.492 e. The van der Waals surface area contributed by atoms with E-state index < -0.39 is 11.9 Å². The highest BCUT2D eigenvalue weighted by molar-refractivity contribution is 6.05. The second kappa shape index (κ2) is 11.4. The molecule has 0 bridgehead atoms. The standard InChI is InChI=1S/C25H32N2O6/c1-6-32-20-15-19(27-24(31)16-8-10-17(11-9-16)25(3,4)5)21(33-7-2)14-18(20)26-22(28)12-13-23(29)30/h8-11,14-15H,6-7,12-13H2,1-5H3,(H,26,28)(H,27,31)(H,29,30). The molecule has 0 aromatic heterocycles. The van der Waals surface area contributed by atoms with Crippen LogP contribution in [0.3, 0.4) is 0 Å². The number of ether oxygens (including phenoxy) is 2. The second-order valence-corrected chi connectivity index (χ2v) is 8.43. The number of aliphatic carboxylic acids is 1. The number of nitrogens with one attached hydrogen (secondary N) is 2. The molecule has 0 spiro atoms. The minimum absolute atomic E-state index is 0.0196. The van der Waals surface area contributed by atoms with Crippen molar-refractivity contribution in [1.29, 1.82) is 0 Å². The van der Waals surface area contributed by atoms with E-state index in [1.807, 2.05) is 12.1 Å². The van der Waals surface area contributed by atoms with Crippen LogP contribution in [-0.2, 0) is 15.0 Å². The fourth-order valence-electron chi connectivity index (χ4n) is 3.05. The number of hydrogen-bond donors (Lipinski definition) is 3. The van der Waals surface area contributed by atoms with Gasteiger partial charge in [-0.2, -0.15) is 0 Å². The van der Waals surface area contributed by atoms with Crippen LogP contribution in [0, 0.1) is 0 Å². The number of amides is 2. The molecule has 8 nitrogen and oxygen atoms in total. The van der Waals surface area contributed by atoms with E-state index >= 15 is 0 Å². The number of rotatable bonds is 10. The average molecular weight is 457 g/mol. The first-order valence-electron chi connectivity index (χ1n) is 10.9. The maximum absolute atomic E-state index is 12.9. The van der Waals surface area contributed by atoms with Gasteiger partial charge in [-0.15, -0.1) is 0 Å². The van der Waals surface area contributed by atoms with Crippen molar-refractivity contribution in [2.24, 2.45) is 0 Å². The zero-order valence-corrected chi connectivity index (χ0v) is 19.8. The van der Waals surface area contributed by atoms with Crippen LogP contribution in [0.25, 0.3) is 0 Å². The van der Waals surface area contributed by atoms with Crippen LogP contribution >= 0.6 is 0 Å². The highest BCUT2D eigenvalue weighted by Gasteiger charge is 2.18. The fourth-order valence-corrected chi connectivity index (χ4v) is 3.05. The van der Waals surface area contributed by atoms with E-state index in [4.69, 9.17) is 14.6 Å². The lowest BCUT2D eigenvalue weighted by Gasteiger charge is -2.19.